The van der Waals surface area contributed by atoms with Crippen LogP contribution in [0, 0.1) is 0 Å². The average molecular weight is 585 g/mol. The summed E-state index contributed by atoms with van der Waals surface area (Å²) in [6.45, 7) is 2.10. The standard InChI is InChI=1S/C21H17Cl2N3O2.C11H9NO/c22-15-5-6-18(23)14(9-15)12-26-8-7-24-20-19(26)10-13(11-25-20)16-3-1-2-4-17(16)21(27)28;12-11(13)10-7-3-5-8-4-1-2-6-9(8)10/h1-6,9-11H,7-8,12H2,(H,24,25)(H,27,28);1-7H,(H2,12,13). The number of pyridine rings is 1. The molecule has 0 bridgehead atoms. The topological polar surface area (TPSA) is 109 Å². The predicted octanol–water partition coefficient (Wildman–Crippen LogP) is 7.12. The van der Waals surface area contributed by atoms with Crippen molar-refractivity contribution in [1.29, 1.82) is 0 Å². The Morgan fingerprint density at radius 2 is 1.66 bits per heavy atom. The van der Waals surface area contributed by atoms with E-state index in [1.54, 1.807) is 42.6 Å². The average Bonchev–Trinajstić information content (AvgIpc) is 2.99. The van der Waals surface area contributed by atoms with Gasteiger partial charge in [0, 0.05) is 47.0 Å². The number of nitrogens with two attached hydrogens (primary N) is 1. The third-order valence-electron chi connectivity index (χ3n) is 6.77. The van der Waals surface area contributed by atoms with Crippen LogP contribution in [0.1, 0.15) is 26.3 Å². The van der Waals surface area contributed by atoms with Gasteiger partial charge in [-0.15, -0.1) is 0 Å². The molecule has 1 aliphatic rings. The van der Waals surface area contributed by atoms with E-state index in [2.05, 4.69) is 15.2 Å². The molecule has 9 heteroatoms. The lowest BCUT2D eigenvalue weighted by Gasteiger charge is -2.32. The molecular formula is C32H26Cl2N4O3. The molecule has 0 saturated carbocycles. The van der Waals surface area contributed by atoms with E-state index in [0.29, 0.717) is 27.7 Å². The molecule has 4 aromatic carbocycles. The fourth-order valence-electron chi connectivity index (χ4n) is 4.80. The van der Waals surface area contributed by atoms with Crippen LogP contribution >= 0.6 is 23.2 Å². The number of amides is 1. The number of hydrogen-bond acceptors (Lipinski definition) is 5. The molecule has 4 N–H and O–H groups in total. The second kappa shape index (κ2) is 12.3. The van der Waals surface area contributed by atoms with Crippen LogP contribution < -0.4 is 16.0 Å². The zero-order chi connectivity index (χ0) is 28.9. The number of aromatic nitrogens is 1. The number of rotatable bonds is 5. The third kappa shape index (κ3) is 6.27. The van der Waals surface area contributed by atoms with Gasteiger partial charge in [0.2, 0.25) is 5.91 Å². The molecule has 0 spiro atoms. The van der Waals surface area contributed by atoms with Crippen LogP contribution in [0.3, 0.4) is 0 Å². The number of halogens is 2. The first kappa shape index (κ1) is 28.0. The summed E-state index contributed by atoms with van der Waals surface area (Å²) in [6, 6.07) is 27.5. The lowest BCUT2D eigenvalue weighted by molar-refractivity contribution is 0.0697. The number of carbonyl (C=O) groups excluding carboxylic acids is 1. The van der Waals surface area contributed by atoms with Crippen molar-refractivity contribution >= 4 is 57.4 Å². The van der Waals surface area contributed by atoms with Gasteiger partial charge >= 0.3 is 5.97 Å². The van der Waals surface area contributed by atoms with Gasteiger partial charge in [0.05, 0.1) is 11.3 Å². The Kier molecular flexibility index (Phi) is 8.38. The molecule has 41 heavy (non-hydrogen) atoms. The Bertz CT molecular complexity index is 1750. The van der Waals surface area contributed by atoms with Crippen LogP contribution in [0.15, 0.2) is 97.2 Å². The van der Waals surface area contributed by atoms with Crippen molar-refractivity contribution in [2.24, 2.45) is 5.73 Å². The molecule has 0 radical (unpaired) electrons. The number of carboxylic acids is 1. The first-order valence-electron chi connectivity index (χ1n) is 12.8. The molecule has 0 saturated heterocycles. The summed E-state index contributed by atoms with van der Waals surface area (Å²) < 4.78 is 0. The van der Waals surface area contributed by atoms with Gasteiger partial charge in [0.15, 0.2) is 0 Å². The van der Waals surface area contributed by atoms with Crippen LogP contribution in [-0.4, -0.2) is 35.1 Å². The van der Waals surface area contributed by atoms with Gasteiger partial charge in [-0.25, -0.2) is 9.78 Å². The minimum atomic E-state index is -0.964. The van der Waals surface area contributed by atoms with Crippen molar-refractivity contribution in [3.8, 4) is 11.1 Å². The summed E-state index contributed by atoms with van der Waals surface area (Å²) in [6.07, 6.45) is 1.70. The molecular weight excluding hydrogens is 559 g/mol. The van der Waals surface area contributed by atoms with Crippen molar-refractivity contribution in [2.75, 3.05) is 23.3 Å². The van der Waals surface area contributed by atoms with E-state index in [-0.39, 0.29) is 11.5 Å². The van der Waals surface area contributed by atoms with Gasteiger partial charge < -0.3 is 21.1 Å². The third-order valence-corrected chi connectivity index (χ3v) is 7.38. The van der Waals surface area contributed by atoms with Crippen LogP contribution in [0.5, 0.6) is 0 Å². The maximum Gasteiger partial charge on any atom is 0.336 e. The van der Waals surface area contributed by atoms with Crippen LogP contribution in [0.4, 0.5) is 11.5 Å². The van der Waals surface area contributed by atoms with Crippen molar-refractivity contribution in [1.82, 2.24) is 4.98 Å². The SMILES string of the molecule is NC(=O)c1cccc2ccccc12.O=C(O)c1ccccc1-c1cnc2c(c1)N(Cc1cc(Cl)ccc1Cl)CCN2. The Morgan fingerprint density at radius 1 is 0.927 bits per heavy atom. The summed E-state index contributed by atoms with van der Waals surface area (Å²) in [5.41, 5.74) is 9.29. The first-order valence-corrected chi connectivity index (χ1v) is 13.6. The lowest BCUT2D eigenvalue weighted by atomic mass is 10.0. The van der Waals surface area contributed by atoms with Gasteiger partial charge in [-0.1, -0.05) is 77.8 Å². The number of primary amides is 1. The van der Waals surface area contributed by atoms with Crippen LogP contribution in [0.25, 0.3) is 21.9 Å². The van der Waals surface area contributed by atoms with Gasteiger partial charge in [-0.05, 0) is 58.3 Å². The maximum atomic E-state index is 11.6. The van der Waals surface area contributed by atoms with Gasteiger partial charge in [0.25, 0.3) is 0 Å². The molecule has 0 aliphatic carbocycles. The first-order chi connectivity index (χ1) is 19.8. The normalized spacial score (nSPS) is 12.1. The molecule has 0 fully saturated rings. The number of anilines is 2. The molecule has 1 aliphatic heterocycles. The Hall–Kier alpha value is -4.59. The van der Waals surface area contributed by atoms with E-state index < -0.39 is 5.97 Å². The minimum absolute atomic E-state index is 0.248. The zero-order valence-electron chi connectivity index (χ0n) is 21.9. The highest BCUT2D eigenvalue weighted by atomic mass is 35.5. The number of carboxylic acid groups (broad SMARTS) is 1. The maximum absolute atomic E-state index is 11.6. The monoisotopic (exact) mass is 584 g/mol. The smallest absolute Gasteiger partial charge is 0.336 e. The molecule has 0 unspecified atom stereocenters. The molecule has 5 aromatic rings. The van der Waals surface area contributed by atoms with Crippen molar-refractivity contribution in [3.63, 3.8) is 0 Å². The largest absolute Gasteiger partial charge is 0.478 e. The molecule has 6 rings (SSSR count). The summed E-state index contributed by atoms with van der Waals surface area (Å²) in [5.74, 6) is -0.577. The molecule has 2 heterocycles. The fourth-order valence-corrected chi connectivity index (χ4v) is 5.18. The van der Waals surface area contributed by atoms with Crippen LogP contribution in [0.2, 0.25) is 10.0 Å². The number of nitrogens with one attached hydrogen (secondary N) is 1. The van der Waals surface area contributed by atoms with Crippen LogP contribution in [-0.2, 0) is 6.54 Å². The summed E-state index contributed by atoms with van der Waals surface area (Å²) >= 11 is 12.5. The van der Waals surface area contributed by atoms with Crippen molar-refractivity contribution in [3.05, 3.63) is 124 Å². The fraction of sp³-hybridized carbons (Fsp3) is 0.0938. The number of hydrogen-bond donors (Lipinski definition) is 3. The highest BCUT2D eigenvalue weighted by Gasteiger charge is 2.21. The van der Waals surface area contributed by atoms with E-state index in [1.165, 1.54) is 0 Å². The summed E-state index contributed by atoms with van der Waals surface area (Å²) in [5, 5.41) is 16.0. The molecule has 206 valence electrons. The number of nitrogens with zero attached hydrogens (tertiary/aromatic N) is 2. The molecule has 7 nitrogen and oxygen atoms in total. The van der Waals surface area contributed by atoms with Gasteiger partial charge in [-0.3, -0.25) is 4.79 Å². The van der Waals surface area contributed by atoms with Crippen molar-refractivity contribution < 1.29 is 14.7 Å². The number of aromatic carboxylic acids is 1. The van der Waals surface area contributed by atoms with Gasteiger partial charge in [0.1, 0.15) is 5.82 Å². The van der Waals surface area contributed by atoms with Crippen molar-refractivity contribution in [2.45, 2.75) is 6.54 Å². The van der Waals surface area contributed by atoms with E-state index >= 15 is 0 Å². The minimum Gasteiger partial charge on any atom is -0.478 e. The second-order valence-corrected chi connectivity index (χ2v) is 10.3. The predicted molar refractivity (Wildman–Crippen MR) is 165 cm³/mol. The Morgan fingerprint density at radius 3 is 2.46 bits per heavy atom. The number of benzene rings is 4. The van der Waals surface area contributed by atoms with E-state index in [9.17, 15) is 14.7 Å². The van der Waals surface area contributed by atoms with E-state index in [1.807, 2.05) is 54.6 Å². The number of carbonyl (C=O) groups is 2. The summed E-state index contributed by atoms with van der Waals surface area (Å²) in [7, 11) is 0. The second-order valence-electron chi connectivity index (χ2n) is 9.42. The quantitative estimate of drug-likeness (QED) is 0.203. The highest BCUT2D eigenvalue weighted by molar-refractivity contribution is 6.33. The summed E-state index contributed by atoms with van der Waals surface area (Å²) in [4.78, 5) is 29.3. The molecule has 1 amide bonds. The van der Waals surface area contributed by atoms with E-state index in [4.69, 9.17) is 28.9 Å². The lowest BCUT2D eigenvalue weighted by Crippen LogP contribution is -2.34. The molecule has 0 atom stereocenters. The van der Waals surface area contributed by atoms with Gasteiger partial charge in [-0.2, -0.15) is 0 Å². The number of fused-ring (bicyclic) bond motifs is 2. The Labute approximate surface area is 247 Å². The molecule has 1 aromatic heterocycles. The Balaban J connectivity index is 0.000000216. The highest BCUT2D eigenvalue weighted by Crippen LogP contribution is 2.35. The zero-order valence-corrected chi connectivity index (χ0v) is 23.4. The van der Waals surface area contributed by atoms with E-state index in [0.717, 1.165) is 46.5 Å².